The van der Waals surface area contributed by atoms with Crippen molar-refractivity contribution in [2.45, 2.75) is 13.8 Å². The first-order valence-electron chi connectivity index (χ1n) is 5.40. The van der Waals surface area contributed by atoms with E-state index in [1.165, 1.54) is 0 Å². The van der Waals surface area contributed by atoms with Crippen LogP contribution in [0.5, 0.6) is 0 Å². The van der Waals surface area contributed by atoms with E-state index in [0.717, 1.165) is 0 Å². The van der Waals surface area contributed by atoms with E-state index in [2.05, 4.69) is 11.1 Å². The monoisotopic (exact) mass is 251 g/mol. The Morgan fingerprint density at radius 3 is 2.88 bits per heavy atom. The van der Waals surface area contributed by atoms with Crippen LogP contribution >= 0.6 is 11.6 Å². The van der Waals surface area contributed by atoms with Gasteiger partial charge in [-0.3, -0.25) is 4.79 Å². The molecular weight excluding hydrogens is 238 g/mol. The van der Waals surface area contributed by atoms with Gasteiger partial charge in [0.1, 0.15) is 10.8 Å². The molecule has 0 bridgehead atoms. The largest absolute Gasteiger partial charge is 0.336 e. The highest BCUT2D eigenvalue weighted by molar-refractivity contribution is 6.29. The van der Waals surface area contributed by atoms with Crippen molar-refractivity contribution in [1.29, 1.82) is 5.26 Å². The Bertz CT molecular complexity index is 442. The van der Waals surface area contributed by atoms with E-state index in [-0.39, 0.29) is 11.8 Å². The van der Waals surface area contributed by atoms with Crippen molar-refractivity contribution >= 4 is 17.5 Å². The quantitative estimate of drug-likeness (QED) is 0.772. The Hall–Kier alpha value is -1.60. The number of halogens is 1. The molecule has 0 aliphatic rings. The van der Waals surface area contributed by atoms with Crippen LogP contribution in [0.1, 0.15) is 24.3 Å². The average Bonchev–Trinajstić information content (AvgIpc) is 2.34. The second-order valence-corrected chi connectivity index (χ2v) is 4.11. The van der Waals surface area contributed by atoms with Crippen LogP contribution in [0.2, 0.25) is 5.15 Å². The molecule has 1 aromatic rings. The van der Waals surface area contributed by atoms with Crippen LogP contribution in [-0.2, 0) is 0 Å². The highest BCUT2D eigenvalue weighted by atomic mass is 35.5. The van der Waals surface area contributed by atoms with Gasteiger partial charge in [-0.1, -0.05) is 17.7 Å². The summed E-state index contributed by atoms with van der Waals surface area (Å²) in [7, 11) is 0. The van der Waals surface area contributed by atoms with Crippen LogP contribution in [0, 0.1) is 17.2 Å². The third-order valence-electron chi connectivity index (χ3n) is 2.32. The highest BCUT2D eigenvalue weighted by Gasteiger charge is 2.17. The van der Waals surface area contributed by atoms with Crippen LogP contribution < -0.4 is 0 Å². The van der Waals surface area contributed by atoms with Gasteiger partial charge in [0.05, 0.1) is 12.0 Å². The van der Waals surface area contributed by atoms with Gasteiger partial charge in [-0.05, 0) is 26.0 Å². The maximum absolute atomic E-state index is 12.1. The van der Waals surface area contributed by atoms with Gasteiger partial charge in [0.15, 0.2) is 0 Å². The molecule has 1 atom stereocenters. The van der Waals surface area contributed by atoms with Gasteiger partial charge < -0.3 is 4.90 Å². The normalized spacial score (nSPS) is 11.6. The molecule has 0 spiro atoms. The Labute approximate surface area is 106 Å². The second-order valence-electron chi connectivity index (χ2n) is 3.72. The number of carbonyl (C=O) groups is 1. The molecule has 0 aromatic carbocycles. The zero-order valence-electron chi connectivity index (χ0n) is 9.85. The Balaban J connectivity index is 2.83. The van der Waals surface area contributed by atoms with Crippen molar-refractivity contribution < 1.29 is 4.79 Å². The van der Waals surface area contributed by atoms with Crippen molar-refractivity contribution in [2.75, 3.05) is 13.1 Å². The molecule has 17 heavy (non-hydrogen) atoms. The number of aromatic nitrogens is 1. The van der Waals surface area contributed by atoms with Crippen LogP contribution in [0.4, 0.5) is 0 Å². The number of hydrogen-bond donors (Lipinski definition) is 0. The lowest BCUT2D eigenvalue weighted by atomic mass is 10.2. The molecule has 0 aliphatic heterocycles. The van der Waals surface area contributed by atoms with E-state index >= 15 is 0 Å². The summed E-state index contributed by atoms with van der Waals surface area (Å²) in [5, 5.41) is 9.04. The maximum Gasteiger partial charge on any atom is 0.272 e. The van der Waals surface area contributed by atoms with Crippen LogP contribution in [0.15, 0.2) is 18.2 Å². The molecule has 0 fully saturated rings. The fraction of sp³-hybridized carbons (Fsp3) is 0.417. The van der Waals surface area contributed by atoms with Gasteiger partial charge in [0.2, 0.25) is 0 Å². The number of pyridine rings is 1. The lowest BCUT2D eigenvalue weighted by molar-refractivity contribution is 0.0747. The first-order chi connectivity index (χ1) is 8.08. The zero-order chi connectivity index (χ0) is 12.8. The van der Waals surface area contributed by atoms with E-state index in [9.17, 15) is 4.79 Å². The molecule has 1 aromatic heterocycles. The summed E-state index contributed by atoms with van der Waals surface area (Å²) < 4.78 is 0. The summed E-state index contributed by atoms with van der Waals surface area (Å²) in [6, 6.07) is 7.03. The third kappa shape index (κ3) is 3.72. The molecular formula is C12H14ClN3O. The van der Waals surface area contributed by atoms with E-state index in [0.29, 0.717) is 23.9 Å². The standard InChI is InChI=1S/C12H14ClN3O/c1-3-16(8-9(2)7-14)12(17)10-5-4-6-11(13)15-10/h4-6,9H,3,8H2,1-2H3. The van der Waals surface area contributed by atoms with Gasteiger partial charge in [-0.2, -0.15) is 5.26 Å². The summed E-state index contributed by atoms with van der Waals surface area (Å²) >= 11 is 5.74. The fourth-order valence-corrected chi connectivity index (χ4v) is 1.58. The van der Waals surface area contributed by atoms with Gasteiger partial charge in [-0.25, -0.2) is 4.98 Å². The van der Waals surface area contributed by atoms with Crippen molar-refractivity contribution in [1.82, 2.24) is 9.88 Å². The van der Waals surface area contributed by atoms with E-state index in [1.54, 1.807) is 30.0 Å². The molecule has 90 valence electrons. The summed E-state index contributed by atoms with van der Waals surface area (Å²) in [4.78, 5) is 17.6. The first-order valence-corrected chi connectivity index (χ1v) is 5.77. The van der Waals surface area contributed by atoms with Crippen LogP contribution in [0.25, 0.3) is 0 Å². The summed E-state index contributed by atoms with van der Waals surface area (Å²) in [5.74, 6) is -0.393. The third-order valence-corrected chi connectivity index (χ3v) is 2.53. The maximum atomic E-state index is 12.1. The SMILES string of the molecule is CCN(CC(C)C#N)C(=O)c1cccc(Cl)n1. The van der Waals surface area contributed by atoms with E-state index in [1.807, 2.05) is 6.92 Å². The van der Waals surface area contributed by atoms with E-state index in [4.69, 9.17) is 16.9 Å². The molecule has 4 nitrogen and oxygen atoms in total. The number of nitrogens with zero attached hydrogens (tertiary/aromatic N) is 3. The Kier molecular flexibility index (Phi) is 4.92. The van der Waals surface area contributed by atoms with Crippen molar-refractivity contribution in [3.63, 3.8) is 0 Å². The van der Waals surface area contributed by atoms with Gasteiger partial charge >= 0.3 is 0 Å². The first kappa shape index (κ1) is 13.5. The van der Waals surface area contributed by atoms with Crippen LogP contribution in [0.3, 0.4) is 0 Å². The summed E-state index contributed by atoms with van der Waals surface area (Å²) in [6.45, 7) is 4.59. The Morgan fingerprint density at radius 1 is 1.65 bits per heavy atom. The van der Waals surface area contributed by atoms with Crippen LogP contribution in [-0.4, -0.2) is 28.9 Å². The predicted molar refractivity (Wildman–Crippen MR) is 65.6 cm³/mol. The van der Waals surface area contributed by atoms with Crippen molar-refractivity contribution in [3.8, 4) is 6.07 Å². The highest BCUT2D eigenvalue weighted by Crippen LogP contribution is 2.09. The molecule has 0 aliphatic carbocycles. The predicted octanol–water partition coefficient (Wildman–Crippen LogP) is 2.36. The number of hydrogen-bond acceptors (Lipinski definition) is 3. The molecule has 0 radical (unpaired) electrons. The minimum atomic E-state index is -0.197. The molecule has 0 saturated carbocycles. The molecule has 1 unspecified atom stereocenters. The fourth-order valence-electron chi connectivity index (χ4n) is 1.42. The van der Waals surface area contributed by atoms with Gasteiger partial charge in [-0.15, -0.1) is 0 Å². The number of amides is 1. The lowest BCUT2D eigenvalue weighted by Crippen LogP contribution is -2.34. The molecule has 5 heteroatoms. The lowest BCUT2D eigenvalue weighted by Gasteiger charge is -2.21. The molecule has 1 rings (SSSR count). The van der Waals surface area contributed by atoms with Gasteiger partial charge in [0, 0.05) is 13.1 Å². The minimum absolute atomic E-state index is 0.196. The molecule has 1 amide bonds. The summed E-state index contributed by atoms with van der Waals surface area (Å²) in [5.41, 5.74) is 0.310. The summed E-state index contributed by atoms with van der Waals surface area (Å²) in [6.07, 6.45) is 0. The topological polar surface area (TPSA) is 57.0 Å². The van der Waals surface area contributed by atoms with Crippen molar-refractivity contribution in [3.05, 3.63) is 29.0 Å². The smallest absolute Gasteiger partial charge is 0.272 e. The second kappa shape index (κ2) is 6.21. The molecule has 0 N–H and O–H groups in total. The molecule has 0 saturated heterocycles. The number of rotatable bonds is 4. The average molecular weight is 252 g/mol. The number of carbonyl (C=O) groups excluding carboxylic acids is 1. The van der Waals surface area contributed by atoms with E-state index < -0.39 is 0 Å². The zero-order valence-corrected chi connectivity index (χ0v) is 10.6. The number of nitriles is 1. The minimum Gasteiger partial charge on any atom is -0.336 e. The van der Waals surface area contributed by atoms with Crippen molar-refractivity contribution in [2.24, 2.45) is 5.92 Å². The Morgan fingerprint density at radius 2 is 2.35 bits per heavy atom. The van der Waals surface area contributed by atoms with Gasteiger partial charge in [0.25, 0.3) is 5.91 Å². The molecule has 1 heterocycles.